The van der Waals surface area contributed by atoms with Gasteiger partial charge in [-0.25, -0.2) is 0 Å². The summed E-state index contributed by atoms with van der Waals surface area (Å²) in [6.45, 7) is 0. The summed E-state index contributed by atoms with van der Waals surface area (Å²) in [5.41, 5.74) is -2.02. The maximum absolute atomic E-state index is 9.95. The molecule has 2 N–H and O–H groups in total. The van der Waals surface area contributed by atoms with Gasteiger partial charge in [0.15, 0.2) is 0 Å². The molecule has 0 saturated heterocycles. The first kappa shape index (κ1) is 8.94. The van der Waals surface area contributed by atoms with Crippen LogP contribution in [0.4, 0.5) is 0 Å². The Morgan fingerprint density at radius 1 is 0.889 bits per heavy atom. The number of aromatic hydroxyl groups is 2. The molecule has 0 aromatic heterocycles. The fourth-order valence-corrected chi connectivity index (χ4v) is 0.368. The van der Waals surface area contributed by atoms with Crippen molar-refractivity contribution >= 4 is 37.7 Å². The average molecular weight is 156 g/mol. The van der Waals surface area contributed by atoms with Crippen molar-refractivity contribution in [1.82, 2.24) is 0 Å². The average Bonchev–Trinajstić information content (AvgIpc) is 1.83. The Bertz CT molecular complexity index is 253. The molecule has 0 bridgehead atoms. The Morgan fingerprint density at radius 3 is 1.22 bits per heavy atom. The van der Waals surface area contributed by atoms with Gasteiger partial charge in [-0.15, -0.1) is 0 Å². The molecule has 9 heavy (non-hydrogen) atoms. The second-order valence-corrected chi connectivity index (χ2v) is 1.36. The zero-order valence-corrected chi connectivity index (χ0v) is 3.71. The second kappa shape index (κ2) is 2.68. The molecule has 0 atom stereocenters. The van der Waals surface area contributed by atoms with Gasteiger partial charge in [0.25, 0.3) is 10.9 Å². The van der Waals surface area contributed by atoms with E-state index in [0.29, 0.717) is 0 Å². The Kier molecular flexibility index (Phi) is 2.66. The molecule has 4 nitrogen and oxygen atoms in total. The monoisotopic (exact) mass is 156 g/mol. The maximum atomic E-state index is 9.95. The van der Waals surface area contributed by atoms with Gasteiger partial charge in [0.1, 0.15) is 0 Å². The van der Waals surface area contributed by atoms with E-state index in [1.807, 2.05) is 0 Å². The van der Waals surface area contributed by atoms with Gasteiger partial charge in [-0.2, -0.15) is 0 Å². The Hall–Kier alpha value is -0.0603. The molecule has 0 unspecified atom stereocenters. The molecule has 0 spiro atoms. The minimum absolute atomic E-state index is 0. The van der Waals surface area contributed by atoms with Crippen molar-refractivity contribution in [1.29, 1.82) is 0 Å². The van der Waals surface area contributed by atoms with E-state index in [9.17, 15) is 9.59 Å². The van der Waals surface area contributed by atoms with Crippen LogP contribution in [0.5, 0.6) is 11.5 Å². The zero-order valence-electron chi connectivity index (χ0n) is 3.71. The summed E-state index contributed by atoms with van der Waals surface area (Å²) < 4.78 is 0. The zero-order chi connectivity index (χ0) is 6.31. The van der Waals surface area contributed by atoms with E-state index in [4.69, 9.17) is 10.2 Å². The van der Waals surface area contributed by atoms with Crippen molar-refractivity contribution in [2.75, 3.05) is 0 Å². The quantitative estimate of drug-likeness (QED) is 0.329. The van der Waals surface area contributed by atoms with Gasteiger partial charge in [0.05, 0.1) is 0 Å². The molecule has 1 aromatic rings. The fraction of sp³-hybridized carbons (Fsp3) is 0. The van der Waals surface area contributed by atoms with Gasteiger partial charge in [-0.1, -0.05) is 0 Å². The molecule has 0 amide bonds. The summed E-state index contributed by atoms with van der Waals surface area (Å²) in [5.74, 6) is -1.65. The number of hydrogen-bond donors (Lipinski definition) is 2. The molecule has 0 heterocycles. The van der Waals surface area contributed by atoms with E-state index in [-0.39, 0.29) is 37.7 Å². The van der Waals surface area contributed by atoms with Crippen LogP contribution in [0.1, 0.15) is 0 Å². The third-order valence-corrected chi connectivity index (χ3v) is 0.861. The predicted molar refractivity (Wildman–Crippen MR) is 33.2 cm³/mol. The number of rotatable bonds is 0. The van der Waals surface area contributed by atoms with Crippen LogP contribution in [0, 0.1) is 0 Å². The van der Waals surface area contributed by atoms with E-state index in [2.05, 4.69) is 0 Å². The molecular weight excluding hydrogens is 152 g/mol. The van der Waals surface area contributed by atoms with Crippen molar-refractivity contribution in [2.45, 2.75) is 0 Å². The van der Waals surface area contributed by atoms with Gasteiger partial charge in [0, 0.05) is 0 Å². The SMILES string of the molecule is O=c1c(O)c(O)c1=O.[CaH2]. The van der Waals surface area contributed by atoms with Crippen molar-refractivity contribution in [3.8, 4) is 11.5 Å². The molecule has 0 aliphatic rings. The van der Waals surface area contributed by atoms with Crippen molar-refractivity contribution in [2.24, 2.45) is 0 Å². The van der Waals surface area contributed by atoms with Crippen LogP contribution < -0.4 is 10.9 Å². The van der Waals surface area contributed by atoms with E-state index in [1.165, 1.54) is 0 Å². The predicted octanol–water partition coefficient (Wildman–Crippen LogP) is -2.22. The first-order chi connectivity index (χ1) is 3.64. The minimum atomic E-state index is -1.01. The van der Waals surface area contributed by atoms with E-state index in [0.717, 1.165) is 0 Å². The molecule has 0 aliphatic carbocycles. The van der Waals surface area contributed by atoms with Crippen LogP contribution in [0.2, 0.25) is 0 Å². The summed E-state index contributed by atoms with van der Waals surface area (Å²) in [5, 5.41) is 16.4. The van der Waals surface area contributed by atoms with E-state index in [1.54, 1.807) is 0 Å². The summed E-state index contributed by atoms with van der Waals surface area (Å²) in [4.78, 5) is 19.9. The van der Waals surface area contributed by atoms with E-state index < -0.39 is 22.4 Å². The number of hydrogen-bond acceptors (Lipinski definition) is 4. The normalized spacial score (nSPS) is 8.89. The van der Waals surface area contributed by atoms with Crippen molar-refractivity contribution in [3.63, 3.8) is 0 Å². The summed E-state index contributed by atoms with van der Waals surface area (Å²) in [7, 11) is 0. The second-order valence-electron chi connectivity index (χ2n) is 1.36. The van der Waals surface area contributed by atoms with E-state index >= 15 is 0 Å². The molecule has 0 aliphatic heterocycles. The van der Waals surface area contributed by atoms with Crippen LogP contribution in [-0.4, -0.2) is 48.0 Å². The Labute approximate surface area is 79.4 Å². The van der Waals surface area contributed by atoms with Crippen LogP contribution in [0.25, 0.3) is 0 Å². The molecule has 1 aromatic carbocycles. The van der Waals surface area contributed by atoms with Gasteiger partial charge in [-0.05, 0) is 0 Å². The first-order valence-electron chi connectivity index (χ1n) is 1.86. The van der Waals surface area contributed by atoms with Crippen LogP contribution >= 0.6 is 0 Å². The Morgan fingerprint density at radius 2 is 1.11 bits per heavy atom. The molecule has 46 valence electrons. The third kappa shape index (κ3) is 1.10. The van der Waals surface area contributed by atoms with Crippen LogP contribution in [0.3, 0.4) is 0 Å². The summed E-state index contributed by atoms with van der Waals surface area (Å²) in [6.07, 6.45) is 0. The molecular formula is C4H4CaO4. The van der Waals surface area contributed by atoms with Crippen LogP contribution in [0.15, 0.2) is 9.59 Å². The van der Waals surface area contributed by atoms with Gasteiger partial charge < -0.3 is 10.2 Å². The topological polar surface area (TPSA) is 74.6 Å². The molecule has 5 heteroatoms. The van der Waals surface area contributed by atoms with Gasteiger partial charge >= 0.3 is 37.7 Å². The first-order valence-corrected chi connectivity index (χ1v) is 1.86. The van der Waals surface area contributed by atoms with Gasteiger partial charge in [0.2, 0.25) is 11.5 Å². The molecule has 1 rings (SSSR count). The van der Waals surface area contributed by atoms with Crippen molar-refractivity contribution in [3.05, 3.63) is 20.4 Å². The molecule has 0 saturated carbocycles. The van der Waals surface area contributed by atoms with Crippen molar-refractivity contribution < 1.29 is 10.2 Å². The van der Waals surface area contributed by atoms with Gasteiger partial charge in [-0.3, -0.25) is 9.59 Å². The standard InChI is InChI=1S/C4H2O4.Ca.2H/c5-1-2(6)4(8)3(1)7;;;/h5-6H;;;. The summed E-state index contributed by atoms with van der Waals surface area (Å²) in [6, 6.07) is 0. The third-order valence-electron chi connectivity index (χ3n) is 0.861. The summed E-state index contributed by atoms with van der Waals surface area (Å²) >= 11 is 0. The van der Waals surface area contributed by atoms with Crippen LogP contribution in [-0.2, 0) is 0 Å². The fourth-order valence-electron chi connectivity index (χ4n) is 0.368. The molecule has 0 fully saturated rings. The Balaban J connectivity index is 0.000000640. The molecule has 0 radical (unpaired) electrons.